The Morgan fingerprint density at radius 2 is 2.16 bits per heavy atom. The van der Waals surface area contributed by atoms with E-state index in [2.05, 4.69) is 10.3 Å². The zero-order valence-corrected chi connectivity index (χ0v) is 15.1. The molecule has 1 aliphatic rings. The van der Waals surface area contributed by atoms with Crippen LogP contribution in [0.2, 0.25) is 5.02 Å². The van der Waals surface area contributed by atoms with Crippen LogP contribution in [0.15, 0.2) is 35.4 Å². The second-order valence-corrected chi connectivity index (χ2v) is 7.80. The predicted molar refractivity (Wildman–Crippen MR) is 97.3 cm³/mol. The molecule has 1 aromatic heterocycles. The zero-order chi connectivity index (χ0) is 18.0. The maximum atomic E-state index is 12.6. The van der Waals surface area contributed by atoms with Gasteiger partial charge in [-0.3, -0.25) is 14.6 Å². The normalized spacial score (nSPS) is 16.0. The standard InChI is InChI=1S/C18H16ClN3O2S/c1-10(17(23)14(9-20)18(24)22-12-3-4-12)25-16-6-7-21-15-8-11(19)2-5-13(15)16/h2,5-8,10,12,14H,3-4H2,1H3,(H,22,24). The number of nitrogens with zero attached hydrogens (tertiary/aromatic N) is 2. The summed E-state index contributed by atoms with van der Waals surface area (Å²) in [6, 6.07) is 9.15. The van der Waals surface area contributed by atoms with E-state index < -0.39 is 17.1 Å². The van der Waals surface area contributed by atoms with Gasteiger partial charge in [0.2, 0.25) is 5.91 Å². The van der Waals surface area contributed by atoms with Gasteiger partial charge in [0.15, 0.2) is 11.7 Å². The number of halogens is 1. The third-order valence-electron chi connectivity index (χ3n) is 3.97. The molecule has 1 aromatic carbocycles. The van der Waals surface area contributed by atoms with Gasteiger partial charge in [0, 0.05) is 27.5 Å². The molecule has 1 heterocycles. The van der Waals surface area contributed by atoms with Crippen LogP contribution >= 0.6 is 23.4 Å². The number of Topliss-reactive ketones (excluding diaryl/α,β-unsaturated/α-hetero) is 1. The summed E-state index contributed by atoms with van der Waals surface area (Å²) in [5.41, 5.74) is 0.737. The Labute approximate surface area is 154 Å². The van der Waals surface area contributed by atoms with Gasteiger partial charge < -0.3 is 5.32 Å². The van der Waals surface area contributed by atoms with E-state index in [1.165, 1.54) is 11.8 Å². The Kier molecular flexibility index (Phi) is 5.26. The number of rotatable bonds is 6. The van der Waals surface area contributed by atoms with Crippen LogP contribution in [-0.2, 0) is 9.59 Å². The van der Waals surface area contributed by atoms with E-state index in [9.17, 15) is 14.9 Å². The lowest BCUT2D eigenvalue weighted by atomic mass is 10.0. The van der Waals surface area contributed by atoms with E-state index in [-0.39, 0.29) is 11.8 Å². The first-order valence-corrected chi connectivity index (χ1v) is 9.20. The Morgan fingerprint density at radius 3 is 2.84 bits per heavy atom. The van der Waals surface area contributed by atoms with Crippen LogP contribution < -0.4 is 5.32 Å². The van der Waals surface area contributed by atoms with Crippen LogP contribution in [0.1, 0.15) is 19.8 Å². The quantitative estimate of drug-likeness (QED) is 0.620. The van der Waals surface area contributed by atoms with Crippen LogP contribution in [0.5, 0.6) is 0 Å². The van der Waals surface area contributed by atoms with Crippen LogP contribution in [0, 0.1) is 17.2 Å². The average Bonchev–Trinajstić information content (AvgIpc) is 3.39. The van der Waals surface area contributed by atoms with Crippen molar-refractivity contribution < 1.29 is 9.59 Å². The molecular weight excluding hydrogens is 358 g/mol. The highest BCUT2D eigenvalue weighted by molar-refractivity contribution is 8.00. The molecule has 7 heteroatoms. The summed E-state index contributed by atoms with van der Waals surface area (Å²) in [5.74, 6) is -2.15. The Hall–Kier alpha value is -2.10. The number of hydrogen-bond acceptors (Lipinski definition) is 5. The lowest BCUT2D eigenvalue weighted by Crippen LogP contribution is -2.38. The smallest absolute Gasteiger partial charge is 0.245 e. The first kappa shape index (κ1) is 17.7. The molecule has 0 radical (unpaired) electrons. The number of benzene rings is 1. The Bertz CT molecular complexity index is 876. The maximum absolute atomic E-state index is 12.6. The fraction of sp³-hybridized carbons (Fsp3) is 0.333. The Morgan fingerprint density at radius 1 is 1.40 bits per heavy atom. The van der Waals surface area contributed by atoms with Gasteiger partial charge in [0.1, 0.15) is 0 Å². The maximum Gasteiger partial charge on any atom is 0.245 e. The van der Waals surface area contributed by atoms with Crippen molar-refractivity contribution in [3.8, 4) is 6.07 Å². The molecule has 2 aromatic rings. The van der Waals surface area contributed by atoms with E-state index in [0.717, 1.165) is 28.6 Å². The van der Waals surface area contributed by atoms with Gasteiger partial charge in [-0.05, 0) is 38.0 Å². The molecule has 1 amide bonds. The van der Waals surface area contributed by atoms with Crippen LogP contribution in [0.25, 0.3) is 10.9 Å². The van der Waals surface area contributed by atoms with Crippen molar-refractivity contribution in [3.63, 3.8) is 0 Å². The molecule has 5 nitrogen and oxygen atoms in total. The van der Waals surface area contributed by atoms with Crippen molar-refractivity contribution in [3.05, 3.63) is 35.5 Å². The summed E-state index contributed by atoms with van der Waals surface area (Å²) in [6.07, 6.45) is 3.47. The number of ketones is 1. The molecule has 2 unspecified atom stereocenters. The van der Waals surface area contributed by atoms with E-state index in [1.807, 2.05) is 18.2 Å². The summed E-state index contributed by atoms with van der Waals surface area (Å²) < 4.78 is 0. The molecule has 1 aliphatic carbocycles. The third-order valence-corrected chi connectivity index (χ3v) is 5.40. The number of carbonyl (C=O) groups excluding carboxylic acids is 2. The summed E-state index contributed by atoms with van der Waals surface area (Å²) in [7, 11) is 0. The largest absolute Gasteiger partial charge is 0.352 e. The highest BCUT2D eigenvalue weighted by atomic mass is 35.5. The molecule has 0 aliphatic heterocycles. The number of hydrogen-bond donors (Lipinski definition) is 1. The molecular formula is C18H16ClN3O2S. The van der Waals surface area contributed by atoms with E-state index in [1.54, 1.807) is 25.3 Å². The van der Waals surface area contributed by atoms with Crippen LogP contribution in [0.4, 0.5) is 0 Å². The van der Waals surface area contributed by atoms with Gasteiger partial charge in [0.25, 0.3) is 0 Å². The molecule has 25 heavy (non-hydrogen) atoms. The van der Waals surface area contributed by atoms with E-state index in [0.29, 0.717) is 5.02 Å². The van der Waals surface area contributed by atoms with Crippen molar-refractivity contribution in [1.29, 1.82) is 5.26 Å². The van der Waals surface area contributed by atoms with Crippen molar-refractivity contribution in [2.24, 2.45) is 5.92 Å². The van der Waals surface area contributed by atoms with Gasteiger partial charge in [-0.15, -0.1) is 11.8 Å². The SMILES string of the molecule is CC(Sc1ccnc2cc(Cl)ccc12)C(=O)C(C#N)C(=O)NC1CC1. The average molecular weight is 374 g/mol. The molecule has 0 saturated heterocycles. The monoisotopic (exact) mass is 373 g/mol. The van der Waals surface area contributed by atoms with Crippen LogP contribution in [-0.4, -0.2) is 28.0 Å². The summed E-state index contributed by atoms with van der Waals surface area (Å²) in [5, 5.41) is 12.9. The molecule has 2 atom stereocenters. The number of fused-ring (bicyclic) bond motifs is 1. The number of amides is 1. The number of nitriles is 1. The van der Waals surface area contributed by atoms with Crippen molar-refractivity contribution in [1.82, 2.24) is 10.3 Å². The molecule has 1 N–H and O–H groups in total. The number of nitrogens with one attached hydrogen (secondary N) is 1. The molecule has 1 saturated carbocycles. The molecule has 3 rings (SSSR count). The third kappa shape index (κ3) is 4.12. The molecule has 0 bridgehead atoms. The first-order chi connectivity index (χ1) is 12.0. The lowest BCUT2D eigenvalue weighted by Gasteiger charge is -2.15. The van der Waals surface area contributed by atoms with E-state index in [4.69, 9.17) is 11.6 Å². The molecule has 128 valence electrons. The molecule has 1 fully saturated rings. The van der Waals surface area contributed by atoms with Crippen LogP contribution in [0.3, 0.4) is 0 Å². The van der Waals surface area contributed by atoms with Crippen molar-refractivity contribution in [2.45, 2.75) is 36.0 Å². The van der Waals surface area contributed by atoms with Gasteiger partial charge in [0.05, 0.1) is 16.8 Å². The van der Waals surface area contributed by atoms with Crippen molar-refractivity contribution >= 4 is 46.0 Å². The zero-order valence-electron chi connectivity index (χ0n) is 13.5. The minimum Gasteiger partial charge on any atom is -0.352 e. The number of pyridine rings is 1. The van der Waals surface area contributed by atoms with E-state index >= 15 is 0 Å². The fourth-order valence-corrected chi connectivity index (χ4v) is 3.68. The fourth-order valence-electron chi connectivity index (χ4n) is 2.44. The summed E-state index contributed by atoms with van der Waals surface area (Å²) in [6.45, 7) is 1.71. The minimum absolute atomic E-state index is 0.119. The van der Waals surface area contributed by atoms with Gasteiger partial charge in [-0.2, -0.15) is 5.26 Å². The van der Waals surface area contributed by atoms with Gasteiger partial charge in [-0.25, -0.2) is 0 Å². The number of aromatic nitrogens is 1. The van der Waals surface area contributed by atoms with Gasteiger partial charge in [-0.1, -0.05) is 17.7 Å². The molecule has 0 spiro atoms. The minimum atomic E-state index is -1.27. The topological polar surface area (TPSA) is 82.8 Å². The number of carbonyl (C=O) groups is 2. The first-order valence-electron chi connectivity index (χ1n) is 7.94. The Balaban J connectivity index is 1.76. The van der Waals surface area contributed by atoms with Crippen molar-refractivity contribution in [2.75, 3.05) is 0 Å². The van der Waals surface area contributed by atoms with Gasteiger partial charge >= 0.3 is 0 Å². The second-order valence-electron chi connectivity index (χ2n) is 5.98. The summed E-state index contributed by atoms with van der Waals surface area (Å²) >= 11 is 7.31. The second kappa shape index (κ2) is 7.42. The lowest BCUT2D eigenvalue weighted by molar-refractivity contribution is -0.131. The highest BCUT2D eigenvalue weighted by Gasteiger charge is 2.34. The predicted octanol–water partition coefficient (Wildman–Crippen LogP) is 3.36. The summed E-state index contributed by atoms with van der Waals surface area (Å²) in [4.78, 5) is 29.8. The number of thioether (sulfide) groups is 1. The highest BCUT2D eigenvalue weighted by Crippen LogP contribution is 2.32.